The molecule has 6 heteroatoms. The average Bonchev–Trinajstić information content (AvgIpc) is 3.00. The van der Waals surface area contributed by atoms with Crippen LogP contribution in [0, 0.1) is 13.8 Å². The second kappa shape index (κ2) is 8.45. The van der Waals surface area contributed by atoms with Crippen LogP contribution in [0.15, 0.2) is 30.3 Å². The van der Waals surface area contributed by atoms with Crippen molar-refractivity contribution in [3.8, 4) is 0 Å². The molecule has 3 rings (SSSR count). The molecule has 2 aromatic rings. The molecular formula is C20H25N3O2S. The zero-order valence-electron chi connectivity index (χ0n) is 15.3. The van der Waals surface area contributed by atoms with E-state index in [1.807, 2.05) is 49.1 Å². The molecule has 1 atom stereocenters. The van der Waals surface area contributed by atoms with Crippen LogP contribution in [0.3, 0.4) is 0 Å². The molecule has 0 spiro atoms. The van der Waals surface area contributed by atoms with Gasteiger partial charge >= 0.3 is 0 Å². The van der Waals surface area contributed by atoms with E-state index in [1.54, 1.807) is 0 Å². The van der Waals surface area contributed by atoms with Crippen molar-refractivity contribution in [2.45, 2.75) is 45.6 Å². The number of piperidine rings is 1. The van der Waals surface area contributed by atoms with Gasteiger partial charge in [-0.05, 0) is 38.7 Å². The molecule has 0 radical (unpaired) electrons. The molecule has 2 amide bonds. The molecule has 1 aromatic carbocycles. The van der Waals surface area contributed by atoms with Gasteiger partial charge in [-0.25, -0.2) is 4.98 Å². The first-order chi connectivity index (χ1) is 12.5. The predicted octanol–water partition coefficient (Wildman–Crippen LogP) is 3.11. The minimum Gasteiger partial charge on any atom is -0.341 e. The number of nitrogens with zero attached hydrogens (tertiary/aromatic N) is 2. The van der Waals surface area contributed by atoms with E-state index in [4.69, 9.17) is 0 Å². The minimum absolute atomic E-state index is 0.00603. The first-order valence-electron chi connectivity index (χ1n) is 9.12. The summed E-state index contributed by atoms with van der Waals surface area (Å²) >= 11 is 1.50. The molecule has 1 N–H and O–H groups in total. The van der Waals surface area contributed by atoms with Crippen LogP contribution in [0.5, 0.6) is 0 Å². The van der Waals surface area contributed by atoms with Crippen molar-refractivity contribution in [1.29, 1.82) is 0 Å². The lowest BCUT2D eigenvalue weighted by Gasteiger charge is -2.30. The SMILES string of the molecule is Cc1nc(C(=O)NC(Cc2ccccc2)C(=O)N2CCCCC2)c(C)s1. The molecule has 138 valence electrons. The van der Waals surface area contributed by atoms with Crippen molar-refractivity contribution in [3.05, 3.63) is 51.5 Å². The third-order valence-corrected chi connectivity index (χ3v) is 5.56. The maximum absolute atomic E-state index is 13.1. The fourth-order valence-corrected chi connectivity index (χ4v) is 4.17. The fraction of sp³-hybridized carbons (Fsp3) is 0.450. The van der Waals surface area contributed by atoms with E-state index < -0.39 is 6.04 Å². The van der Waals surface area contributed by atoms with E-state index in [9.17, 15) is 9.59 Å². The Hall–Kier alpha value is -2.21. The lowest BCUT2D eigenvalue weighted by Crippen LogP contribution is -2.51. The van der Waals surface area contributed by atoms with E-state index in [-0.39, 0.29) is 11.8 Å². The summed E-state index contributed by atoms with van der Waals surface area (Å²) in [5.74, 6) is -0.260. The number of carbonyl (C=O) groups excluding carboxylic acids is 2. The summed E-state index contributed by atoms with van der Waals surface area (Å²) in [7, 11) is 0. The number of thiazole rings is 1. The van der Waals surface area contributed by atoms with Crippen molar-refractivity contribution in [2.24, 2.45) is 0 Å². The summed E-state index contributed by atoms with van der Waals surface area (Å²) < 4.78 is 0. The van der Waals surface area contributed by atoms with Crippen molar-refractivity contribution in [3.63, 3.8) is 0 Å². The molecule has 1 saturated heterocycles. The molecule has 1 fully saturated rings. The van der Waals surface area contributed by atoms with Crippen LogP contribution in [0.2, 0.25) is 0 Å². The first kappa shape index (κ1) is 18.6. The molecule has 1 aliphatic rings. The topological polar surface area (TPSA) is 62.3 Å². The van der Waals surface area contributed by atoms with Gasteiger partial charge in [-0.15, -0.1) is 11.3 Å². The molecule has 1 unspecified atom stereocenters. The van der Waals surface area contributed by atoms with Gasteiger partial charge in [0.05, 0.1) is 5.01 Å². The van der Waals surface area contributed by atoms with E-state index in [1.165, 1.54) is 11.3 Å². The lowest BCUT2D eigenvalue weighted by atomic mass is 10.0. The van der Waals surface area contributed by atoms with Gasteiger partial charge in [-0.1, -0.05) is 30.3 Å². The highest BCUT2D eigenvalue weighted by molar-refractivity contribution is 7.11. The van der Waals surface area contributed by atoms with E-state index in [0.717, 1.165) is 47.8 Å². The van der Waals surface area contributed by atoms with E-state index >= 15 is 0 Å². The number of rotatable bonds is 5. The van der Waals surface area contributed by atoms with E-state index in [0.29, 0.717) is 12.1 Å². The smallest absolute Gasteiger partial charge is 0.271 e. The molecule has 0 bridgehead atoms. The number of nitrogens with one attached hydrogen (secondary N) is 1. The Kier molecular flexibility index (Phi) is 6.04. The highest BCUT2D eigenvalue weighted by Gasteiger charge is 2.28. The fourth-order valence-electron chi connectivity index (χ4n) is 3.35. The van der Waals surface area contributed by atoms with Crippen LogP contribution in [-0.4, -0.2) is 40.8 Å². The van der Waals surface area contributed by atoms with Gasteiger partial charge in [0.2, 0.25) is 5.91 Å². The Bertz CT molecular complexity index is 767. The Morgan fingerprint density at radius 1 is 1.15 bits per heavy atom. The van der Waals surface area contributed by atoms with Crippen LogP contribution in [0.1, 0.15) is 45.2 Å². The third kappa shape index (κ3) is 4.49. The zero-order valence-corrected chi connectivity index (χ0v) is 16.1. The molecule has 5 nitrogen and oxygen atoms in total. The highest BCUT2D eigenvalue weighted by Crippen LogP contribution is 2.17. The van der Waals surface area contributed by atoms with Gasteiger partial charge in [0.1, 0.15) is 11.7 Å². The first-order valence-corrected chi connectivity index (χ1v) is 9.94. The second-order valence-electron chi connectivity index (χ2n) is 6.74. The Morgan fingerprint density at radius 3 is 2.46 bits per heavy atom. The molecule has 2 heterocycles. The summed E-state index contributed by atoms with van der Waals surface area (Å²) in [4.78, 5) is 32.9. The standard InChI is InChI=1S/C20H25N3O2S/c1-14-18(21-15(2)26-14)19(24)22-17(13-16-9-5-3-6-10-16)20(25)23-11-7-4-8-12-23/h3,5-6,9-10,17H,4,7-8,11-13H2,1-2H3,(H,22,24). The van der Waals surface area contributed by atoms with Crippen LogP contribution in [-0.2, 0) is 11.2 Å². The number of benzene rings is 1. The number of aryl methyl sites for hydroxylation is 2. The summed E-state index contributed by atoms with van der Waals surface area (Å²) in [6.07, 6.45) is 3.71. The van der Waals surface area contributed by atoms with Gasteiger partial charge in [-0.2, -0.15) is 0 Å². The average molecular weight is 372 g/mol. The summed E-state index contributed by atoms with van der Waals surface area (Å²) in [6.45, 7) is 5.32. The van der Waals surface area contributed by atoms with Crippen molar-refractivity contribution in [1.82, 2.24) is 15.2 Å². The predicted molar refractivity (Wildman–Crippen MR) is 103 cm³/mol. The zero-order chi connectivity index (χ0) is 18.5. The van der Waals surface area contributed by atoms with Crippen molar-refractivity contribution < 1.29 is 9.59 Å². The molecular weight excluding hydrogens is 346 g/mol. The Balaban J connectivity index is 1.78. The van der Waals surface area contributed by atoms with Crippen LogP contribution < -0.4 is 5.32 Å². The number of hydrogen-bond donors (Lipinski definition) is 1. The summed E-state index contributed by atoms with van der Waals surface area (Å²) in [5, 5.41) is 3.80. The number of amides is 2. The molecule has 1 aromatic heterocycles. The van der Waals surface area contributed by atoms with Crippen molar-refractivity contribution in [2.75, 3.05) is 13.1 Å². The number of aromatic nitrogens is 1. The maximum Gasteiger partial charge on any atom is 0.271 e. The normalized spacial score (nSPS) is 15.5. The molecule has 0 aliphatic carbocycles. The molecule has 1 aliphatic heterocycles. The van der Waals surface area contributed by atoms with E-state index in [2.05, 4.69) is 10.3 Å². The summed E-state index contributed by atoms with van der Waals surface area (Å²) in [6, 6.07) is 9.26. The van der Waals surface area contributed by atoms with Gasteiger partial charge in [0.15, 0.2) is 0 Å². The van der Waals surface area contributed by atoms with Crippen LogP contribution >= 0.6 is 11.3 Å². The van der Waals surface area contributed by atoms with Crippen molar-refractivity contribution >= 4 is 23.2 Å². The number of carbonyl (C=O) groups is 2. The van der Waals surface area contributed by atoms with Gasteiger partial charge in [0.25, 0.3) is 5.91 Å². The second-order valence-corrected chi connectivity index (χ2v) is 8.15. The van der Waals surface area contributed by atoms with Crippen LogP contribution in [0.4, 0.5) is 0 Å². The number of likely N-dealkylation sites (tertiary alicyclic amines) is 1. The van der Waals surface area contributed by atoms with Gasteiger partial charge < -0.3 is 10.2 Å². The molecule has 26 heavy (non-hydrogen) atoms. The molecule has 0 saturated carbocycles. The monoisotopic (exact) mass is 371 g/mol. The largest absolute Gasteiger partial charge is 0.341 e. The van der Waals surface area contributed by atoms with Gasteiger partial charge in [-0.3, -0.25) is 9.59 Å². The Morgan fingerprint density at radius 2 is 1.85 bits per heavy atom. The lowest BCUT2D eigenvalue weighted by molar-refractivity contribution is -0.134. The summed E-state index contributed by atoms with van der Waals surface area (Å²) in [5.41, 5.74) is 1.46. The number of hydrogen-bond acceptors (Lipinski definition) is 4. The minimum atomic E-state index is -0.565. The van der Waals surface area contributed by atoms with Crippen LogP contribution in [0.25, 0.3) is 0 Å². The van der Waals surface area contributed by atoms with Gasteiger partial charge in [0, 0.05) is 24.4 Å². The third-order valence-electron chi connectivity index (χ3n) is 4.67. The maximum atomic E-state index is 13.1. The quantitative estimate of drug-likeness (QED) is 0.878. The highest BCUT2D eigenvalue weighted by atomic mass is 32.1. The Labute approximate surface area is 158 Å².